The summed E-state index contributed by atoms with van der Waals surface area (Å²) in [4.78, 5) is 11.6. The summed E-state index contributed by atoms with van der Waals surface area (Å²) in [6.07, 6.45) is 2.69. The van der Waals surface area contributed by atoms with Gasteiger partial charge in [-0.15, -0.1) is 0 Å². The van der Waals surface area contributed by atoms with Crippen LogP contribution in [0.3, 0.4) is 0 Å². The molecule has 0 aromatic heterocycles. The number of rotatable bonds is 9. The van der Waals surface area contributed by atoms with Crippen LogP contribution in [-0.4, -0.2) is 29.6 Å². The molecule has 0 saturated carbocycles. The van der Waals surface area contributed by atoms with Crippen molar-refractivity contribution >= 4 is 11.7 Å². The molecule has 1 aromatic rings. The highest BCUT2D eigenvalue weighted by molar-refractivity contribution is 6.36. The van der Waals surface area contributed by atoms with Gasteiger partial charge in [-0.25, -0.2) is 4.79 Å². The molecule has 0 fully saturated rings. The van der Waals surface area contributed by atoms with Gasteiger partial charge in [-0.1, -0.05) is 38.1 Å². The van der Waals surface area contributed by atoms with Crippen molar-refractivity contribution in [2.24, 2.45) is 5.16 Å². The molecule has 5 nitrogen and oxygen atoms in total. The Morgan fingerprint density at radius 1 is 1.12 bits per heavy atom. The van der Waals surface area contributed by atoms with Gasteiger partial charge in [-0.3, -0.25) is 0 Å². The second kappa shape index (κ2) is 10.1. The molecule has 0 atom stereocenters. The third-order valence-corrected chi connectivity index (χ3v) is 3.75. The van der Waals surface area contributed by atoms with Crippen LogP contribution in [-0.2, 0) is 14.9 Å². The van der Waals surface area contributed by atoms with Gasteiger partial charge in [0.25, 0.3) is 0 Å². The largest absolute Gasteiger partial charge is 0.494 e. The van der Waals surface area contributed by atoms with E-state index >= 15 is 0 Å². The van der Waals surface area contributed by atoms with Crippen LogP contribution in [0.25, 0.3) is 0 Å². The molecule has 0 saturated heterocycles. The molecule has 0 heterocycles. The molecule has 0 aliphatic carbocycles. The van der Waals surface area contributed by atoms with E-state index in [4.69, 9.17) is 14.7 Å². The van der Waals surface area contributed by atoms with E-state index in [2.05, 4.69) is 38.1 Å². The van der Waals surface area contributed by atoms with Crippen molar-refractivity contribution < 1.29 is 19.5 Å². The fraction of sp³-hybridized carbons (Fsp3) is 0.600. The average Bonchev–Trinajstić information content (AvgIpc) is 2.53. The molecule has 1 aromatic carbocycles. The van der Waals surface area contributed by atoms with Gasteiger partial charge < -0.3 is 14.7 Å². The average molecular weight is 349 g/mol. The van der Waals surface area contributed by atoms with Crippen molar-refractivity contribution in [3.63, 3.8) is 0 Å². The zero-order valence-corrected chi connectivity index (χ0v) is 16.0. The van der Waals surface area contributed by atoms with Crippen molar-refractivity contribution in [3.05, 3.63) is 29.8 Å². The third kappa shape index (κ3) is 8.05. The van der Waals surface area contributed by atoms with Crippen LogP contribution in [0.15, 0.2) is 29.4 Å². The highest BCUT2D eigenvalue weighted by atomic mass is 16.5. The number of benzene rings is 1. The monoisotopic (exact) mass is 349 g/mol. The Morgan fingerprint density at radius 2 is 1.76 bits per heavy atom. The molecular weight excluding hydrogens is 318 g/mol. The lowest BCUT2D eigenvalue weighted by Crippen LogP contribution is -2.21. The van der Waals surface area contributed by atoms with Gasteiger partial charge in [0.05, 0.1) is 12.7 Å². The maximum atomic E-state index is 11.6. The van der Waals surface area contributed by atoms with E-state index in [9.17, 15) is 4.79 Å². The number of oxime groups is 1. The summed E-state index contributed by atoms with van der Waals surface area (Å²) in [7, 11) is 0. The van der Waals surface area contributed by atoms with Crippen molar-refractivity contribution in [2.75, 3.05) is 6.61 Å². The molecule has 0 amide bonds. The minimum Gasteiger partial charge on any atom is -0.494 e. The summed E-state index contributed by atoms with van der Waals surface area (Å²) in [5.74, 6) is 0.318. The molecule has 1 N–H and O–H groups in total. The number of unbranched alkanes of at least 4 members (excludes halogenated alkanes) is 2. The van der Waals surface area contributed by atoms with Gasteiger partial charge in [0.2, 0.25) is 0 Å². The van der Waals surface area contributed by atoms with Crippen LogP contribution in [0.5, 0.6) is 5.75 Å². The molecule has 0 bridgehead atoms. The maximum absolute atomic E-state index is 11.6. The van der Waals surface area contributed by atoms with Crippen molar-refractivity contribution in [1.82, 2.24) is 0 Å². The van der Waals surface area contributed by atoms with Gasteiger partial charge in [0, 0.05) is 6.42 Å². The highest BCUT2D eigenvalue weighted by Gasteiger charge is 2.15. The number of ether oxygens (including phenoxy) is 2. The molecule has 0 spiro atoms. The predicted molar refractivity (Wildman–Crippen MR) is 99.6 cm³/mol. The molecule has 5 heteroatoms. The van der Waals surface area contributed by atoms with E-state index in [0.717, 1.165) is 25.0 Å². The Bertz CT molecular complexity index is 556. The second-order valence-electron chi connectivity index (χ2n) is 7.43. The number of hydrogen-bond acceptors (Lipinski definition) is 5. The van der Waals surface area contributed by atoms with Crippen LogP contribution in [0.2, 0.25) is 0 Å². The van der Waals surface area contributed by atoms with Crippen LogP contribution in [0.4, 0.5) is 0 Å². The summed E-state index contributed by atoms with van der Waals surface area (Å²) >= 11 is 0. The van der Waals surface area contributed by atoms with Crippen molar-refractivity contribution in [1.29, 1.82) is 0 Å². The molecule has 0 unspecified atom stereocenters. The number of nitrogens with zero attached hydrogens (tertiary/aromatic N) is 1. The zero-order chi connectivity index (χ0) is 18.9. The number of esters is 1. The van der Waals surface area contributed by atoms with Gasteiger partial charge in [0.1, 0.15) is 5.75 Å². The van der Waals surface area contributed by atoms with Gasteiger partial charge in [-0.2, -0.15) is 0 Å². The summed E-state index contributed by atoms with van der Waals surface area (Å²) in [5.41, 5.74) is 1.50. The third-order valence-electron chi connectivity index (χ3n) is 3.75. The topological polar surface area (TPSA) is 68.1 Å². The van der Waals surface area contributed by atoms with E-state index in [-0.39, 0.29) is 17.2 Å². The number of carbonyl (C=O) groups is 1. The van der Waals surface area contributed by atoms with Crippen LogP contribution in [0, 0.1) is 0 Å². The zero-order valence-electron chi connectivity index (χ0n) is 16.0. The Kier molecular flexibility index (Phi) is 8.46. The number of carbonyl (C=O) groups excluding carboxylic acids is 1. The van der Waals surface area contributed by atoms with Crippen molar-refractivity contribution in [3.8, 4) is 5.75 Å². The lowest BCUT2D eigenvalue weighted by Gasteiger charge is -2.19. The first-order chi connectivity index (χ1) is 11.7. The summed E-state index contributed by atoms with van der Waals surface area (Å²) in [5, 5.41) is 11.9. The van der Waals surface area contributed by atoms with Crippen LogP contribution in [0.1, 0.15) is 65.9 Å². The van der Waals surface area contributed by atoms with E-state index in [1.54, 1.807) is 13.8 Å². The smallest absolute Gasteiger partial charge is 0.356 e. The highest BCUT2D eigenvalue weighted by Crippen LogP contribution is 2.24. The Hall–Kier alpha value is -2.04. The Morgan fingerprint density at radius 3 is 2.28 bits per heavy atom. The SMILES string of the molecule is CC(C)OC(=O)C(CCCCCOc1ccc(C(C)(C)C)cc1)=NO. The quantitative estimate of drug-likeness (QED) is 0.231. The fourth-order valence-electron chi connectivity index (χ4n) is 2.29. The van der Waals surface area contributed by atoms with Crippen LogP contribution < -0.4 is 4.74 Å². The first kappa shape index (κ1) is 21.0. The Labute approximate surface area is 151 Å². The van der Waals surface area contributed by atoms with E-state index in [0.29, 0.717) is 13.0 Å². The summed E-state index contributed by atoms with van der Waals surface area (Å²) < 4.78 is 10.8. The fourth-order valence-corrected chi connectivity index (χ4v) is 2.29. The van der Waals surface area contributed by atoms with E-state index < -0.39 is 5.97 Å². The predicted octanol–water partition coefficient (Wildman–Crippen LogP) is 4.71. The number of hydrogen-bond donors (Lipinski definition) is 1. The molecule has 0 radical (unpaired) electrons. The molecule has 0 aliphatic rings. The lowest BCUT2D eigenvalue weighted by atomic mass is 9.87. The second-order valence-corrected chi connectivity index (χ2v) is 7.43. The van der Waals surface area contributed by atoms with E-state index in [1.807, 2.05) is 12.1 Å². The summed E-state index contributed by atoms with van der Waals surface area (Å²) in [6, 6.07) is 8.19. The normalized spacial score (nSPS) is 12.3. The molecule has 1 rings (SSSR count). The minimum absolute atomic E-state index is 0.0763. The Balaban J connectivity index is 2.25. The lowest BCUT2D eigenvalue weighted by molar-refractivity contribution is -0.139. The van der Waals surface area contributed by atoms with Gasteiger partial charge >= 0.3 is 5.97 Å². The standard InChI is InChI=1S/C20H31NO4/c1-15(2)25-19(22)18(21-23)9-7-6-8-14-24-17-12-10-16(11-13-17)20(3,4)5/h10-13,15,23H,6-9,14H2,1-5H3. The molecule has 25 heavy (non-hydrogen) atoms. The van der Waals surface area contributed by atoms with E-state index in [1.165, 1.54) is 5.56 Å². The molecule has 0 aliphatic heterocycles. The van der Waals surface area contributed by atoms with Gasteiger partial charge in [0.15, 0.2) is 5.71 Å². The van der Waals surface area contributed by atoms with Crippen LogP contribution >= 0.6 is 0 Å². The minimum atomic E-state index is -0.548. The van der Waals surface area contributed by atoms with Gasteiger partial charge in [-0.05, 0) is 56.2 Å². The maximum Gasteiger partial charge on any atom is 0.356 e. The first-order valence-corrected chi connectivity index (χ1v) is 8.89. The first-order valence-electron chi connectivity index (χ1n) is 8.89. The van der Waals surface area contributed by atoms with Crippen molar-refractivity contribution in [2.45, 2.75) is 71.8 Å². The summed E-state index contributed by atoms with van der Waals surface area (Å²) in [6.45, 7) is 10.7. The molecular formula is C20H31NO4. The molecule has 140 valence electrons.